The number of benzene rings is 1. The lowest BCUT2D eigenvalue weighted by Crippen LogP contribution is -2.28. The highest BCUT2D eigenvalue weighted by Crippen LogP contribution is 2.16. The number of carbonyl (C=O) groups is 1. The third-order valence-electron chi connectivity index (χ3n) is 2.24. The van der Waals surface area contributed by atoms with E-state index in [1.165, 1.54) is 0 Å². The Bertz CT molecular complexity index is 379. The molecule has 0 saturated heterocycles. The van der Waals surface area contributed by atoms with Crippen LogP contribution in [0.5, 0.6) is 0 Å². The Hall–Kier alpha value is -1.22. The molecule has 2 nitrogen and oxygen atoms in total. The summed E-state index contributed by atoms with van der Waals surface area (Å²) in [6.07, 6.45) is 4.00. The minimum absolute atomic E-state index is 0.0561. The number of amides is 1. The van der Waals surface area contributed by atoms with Crippen LogP contribution in [0.25, 0.3) is 0 Å². The van der Waals surface area contributed by atoms with Gasteiger partial charge in [-0.05, 0) is 12.1 Å². The van der Waals surface area contributed by atoms with Crippen molar-refractivity contribution in [1.82, 2.24) is 4.90 Å². The second-order valence-electron chi connectivity index (χ2n) is 3.20. The van der Waals surface area contributed by atoms with Crippen LogP contribution in [0.3, 0.4) is 0 Å². The fourth-order valence-electron chi connectivity index (χ4n) is 1.47. The number of thiol groups is 1. The Morgan fingerprint density at radius 1 is 1.21 bits per heavy atom. The van der Waals surface area contributed by atoms with Crippen LogP contribution in [0, 0.1) is 0 Å². The molecule has 1 heterocycles. The van der Waals surface area contributed by atoms with Gasteiger partial charge in [0.1, 0.15) is 0 Å². The average Bonchev–Trinajstić information content (AvgIpc) is 2.70. The molecular formula is C11H11NOS. The molecule has 1 aliphatic heterocycles. The fourth-order valence-corrected chi connectivity index (χ4v) is 1.72. The van der Waals surface area contributed by atoms with Gasteiger partial charge in [-0.1, -0.05) is 24.3 Å². The molecule has 1 amide bonds. The molecule has 2 rings (SSSR count). The molecule has 0 saturated carbocycles. The van der Waals surface area contributed by atoms with Gasteiger partial charge >= 0.3 is 0 Å². The van der Waals surface area contributed by atoms with Crippen LogP contribution in [0.2, 0.25) is 0 Å². The first kappa shape index (κ1) is 9.34. The van der Waals surface area contributed by atoms with Crippen LogP contribution in [-0.2, 0) is 0 Å². The molecule has 0 bridgehead atoms. The van der Waals surface area contributed by atoms with Crippen molar-refractivity contribution < 1.29 is 4.79 Å². The molecule has 1 aromatic carbocycles. The van der Waals surface area contributed by atoms with Gasteiger partial charge in [-0.2, -0.15) is 0 Å². The lowest BCUT2D eigenvalue weighted by molar-refractivity contribution is 0.0796. The van der Waals surface area contributed by atoms with Gasteiger partial charge < -0.3 is 4.90 Å². The van der Waals surface area contributed by atoms with Crippen molar-refractivity contribution in [3.63, 3.8) is 0 Å². The quantitative estimate of drug-likeness (QED) is 0.549. The SMILES string of the molecule is O=C(c1ccccc1S)N1CC=CC1. The van der Waals surface area contributed by atoms with Crippen LogP contribution in [0.1, 0.15) is 10.4 Å². The highest BCUT2D eigenvalue weighted by Gasteiger charge is 2.17. The van der Waals surface area contributed by atoms with E-state index in [4.69, 9.17) is 0 Å². The maximum absolute atomic E-state index is 11.9. The van der Waals surface area contributed by atoms with Gasteiger partial charge in [0.15, 0.2) is 0 Å². The topological polar surface area (TPSA) is 20.3 Å². The molecule has 1 aliphatic rings. The Balaban J connectivity index is 2.23. The first-order chi connectivity index (χ1) is 6.79. The molecule has 72 valence electrons. The van der Waals surface area contributed by atoms with Gasteiger partial charge in [0, 0.05) is 18.0 Å². The van der Waals surface area contributed by atoms with Gasteiger partial charge in [-0.3, -0.25) is 4.79 Å². The van der Waals surface area contributed by atoms with Crippen LogP contribution in [0.15, 0.2) is 41.3 Å². The number of nitrogens with zero attached hydrogens (tertiary/aromatic N) is 1. The Morgan fingerprint density at radius 3 is 2.50 bits per heavy atom. The van der Waals surface area contributed by atoms with E-state index in [0.29, 0.717) is 18.7 Å². The van der Waals surface area contributed by atoms with Gasteiger partial charge in [0.25, 0.3) is 5.91 Å². The van der Waals surface area contributed by atoms with Gasteiger partial charge in [0.2, 0.25) is 0 Å². The minimum atomic E-state index is 0.0561. The largest absolute Gasteiger partial charge is 0.331 e. The van der Waals surface area contributed by atoms with E-state index in [1.54, 1.807) is 4.90 Å². The highest BCUT2D eigenvalue weighted by atomic mass is 32.1. The summed E-state index contributed by atoms with van der Waals surface area (Å²) in [5.41, 5.74) is 0.680. The summed E-state index contributed by atoms with van der Waals surface area (Å²) in [7, 11) is 0. The molecule has 14 heavy (non-hydrogen) atoms. The van der Waals surface area contributed by atoms with Crippen molar-refractivity contribution >= 4 is 18.5 Å². The zero-order valence-electron chi connectivity index (χ0n) is 7.68. The van der Waals surface area contributed by atoms with Gasteiger partial charge in [0.05, 0.1) is 5.56 Å². The van der Waals surface area contributed by atoms with Gasteiger partial charge in [-0.15, -0.1) is 12.6 Å². The van der Waals surface area contributed by atoms with Crippen molar-refractivity contribution in [3.05, 3.63) is 42.0 Å². The van der Waals surface area contributed by atoms with E-state index in [-0.39, 0.29) is 5.91 Å². The predicted octanol–water partition coefficient (Wildman–Crippen LogP) is 1.99. The number of rotatable bonds is 1. The van der Waals surface area contributed by atoms with Crippen molar-refractivity contribution in [2.24, 2.45) is 0 Å². The summed E-state index contributed by atoms with van der Waals surface area (Å²) in [5.74, 6) is 0.0561. The number of carbonyl (C=O) groups excluding carboxylic acids is 1. The molecule has 1 aromatic rings. The van der Waals surface area contributed by atoms with E-state index < -0.39 is 0 Å². The number of hydrogen-bond acceptors (Lipinski definition) is 2. The Morgan fingerprint density at radius 2 is 1.86 bits per heavy atom. The number of hydrogen-bond donors (Lipinski definition) is 1. The summed E-state index contributed by atoms with van der Waals surface area (Å²) in [6, 6.07) is 7.38. The average molecular weight is 205 g/mol. The second-order valence-corrected chi connectivity index (χ2v) is 3.68. The van der Waals surface area contributed by atoms with Crippen LogP contribution < -0.4 is 0 Å². The minimum Gasteiger partial charge on any atom is -0.331 e. The molecule has 3 heteroatoms. The zero-order chi connectivity index (χ0) is 9.97. The van der Waals surface area contributed by atoms with Crippen molar-refractivity contribution in [2.75, 3.05) is 13.1 Å². The standard InChI is InChI=1S/C11H11NOS/c13-11(12-7-3-4-8-12)9-5-1-2-6-10(9)14/h1-6,14H,7-8H2. The smallest absolute Gasteiger partial charge is 0.255 e. The fraction of sp³-hybridized carbons (Fsp3) is 0.182. The van der Waals surface area contributed by atoms with E-state index in [9.17, 15) is 4.79 Å². The van der Waals surface area contributed by atoms with E-state index in [1.807, 2.05) is 36.4 Å². The molecule has 0 fully saturated rings. The third-order valence-corrected chi connectivity index (χ3v) is 2.63. The van der Waals surface area contributed by atoms with Crippen molar-refractivity contribution in [3.8, 4) is 0 Å². The van der Waals surface area contributed by atoms with Gasteiger partial charge in [-0.25, -0.2) is 0 Å². The highest BCUT2D eigenvalue weighted by molar-refractivity contribution is 7.80. The first-order valence-corrected chi connectivity index (χ1v) is 4.96. The molecule has 0 radical (unpaired) electrons. The van der Waals surface area contributed by atoms with Crippen molar-refractivity contribution in [1.29, 1.82) is 0 Å². The van der Waals surface area contributed by atoms with E-state index in [2.05, 4.69) is 12.6 Å². The van der Waals surface area contributed by atoms with Crippen molar-refractivity contribution in [2.45, 2.75) is 4.90 Å². The Kier molecular flexibility index (Phi) is 2.59. The van der Waals surface area contributed by atoms with Crippen LogP contribution in [-0.4, -0.2) is 23.9 Å². The molecule has 0 aromatic heterocycles. The lowest BCUT2D eigenvalue weighted by atomic mass is 10.2. The summed E-state index contributed by atoms with van der Waals surface area (Å²) in [5, 5.41) is 0. The monoisotopic (exact) mass is 205 g/mol. The normalized spacial score (nSPS) is 14.8. The summed E-state index contributed by atoms with van der Waals surface area (Å²) in [4.78, 5) is 14.4. The van der Waals surface area contributed by atoms with Crippen LogP contribution >= 0.6 is 12.6 Å². The molecular weight excluding hydrogens is 194 g/mol. The summed E-state index contributed by atoms with van der Waals surface area (Å²) in [6.45, 7) is 1.42. The van der Waals surface area contributed by atoms with Crippen LogP contribution in [0.4, 0.5) is 0 Å². The molecule has 0 spiro atoms. The predicted molar refractivity (Wildman–Crippen MR) is 58.7 cm³/mol. The van der Waals surface area contributed by atoms with E-state index in [0.717, 1.165) is 4.90 Å². The molecule has 0 atom stereocenters. The molecule has 0 unspecified atom stereocenters. The first-order valence-electron chi connectivity index (χ1n) is 4.51. The lowest BCUT2D eigenvalue weighted by Gasteiger charge is -2.16. The third kappa shape index (κ3) is 1.68. The maximum Gasteiger partial charge on any atom is 0.255 e. The maximum atomic E-state index is 11.9. The second kappa shape index (κ2) is 3.88. The summed E-state index contributed by atoms with van der Waals surface area (Å²) < 4.78 is 0. The molecule has 0 aliphatic carbocycles. The zero-order valence-corrected chi connectivity index (χ0v) is 8.58. The summed E-state index contributed by atoms with van der Waals surface area (Å²) >= 11 is 4.26. The Labute approximate surface area is 88.6 Å². The molecule has 0 N–H and O–H groups in total. The van der Waals surface area contributed by atoms with E-state index >= 15 is 0 Å².